The maximum atomic E-state index is 12.5. The highest BCUT2D eigenvalue weighted by atomic mass is 16.6. The van der Waals surface area contributed by atoms with Crippen molar-refractivity contribution in [3.05, 3.63) is 99.6 Å². The molecule has 7 nitrogen and oxygen atoms in total. The fraction of sp³-hybridized carbons (Fsp3) is 0.0476. The molecule has 0 aromatic heterocycles. The van der Waals surface area contributed by atoms with E-state index in [1.807, 2.05) is 25.1 Å². The predicted molar refractivity (Wildman–Crippen MR) is 107 cm³/mol. The quantitative estimate of drug-likeness (QED) is 0.509. The fourth-order valence-corrected chi connectivity index (χ4v) is 2.69. The summed E-state index contributed by atoms with van der Waals surface area (Å²) in [6.45, 7) is 1.93. The van der Waals surface area contributed by atoms with Gasteiger partial charge >= 0.3 is 0 Å². The number of hydrogen-bond donors (Lipinski definition) is 2. The van der Waals surface area contributed by atoms with E-state index in [2.05, 4.69) is 10.6 Å². The number of nitro benzene ring substituents is 1. The van der Waals surface area contributed by atoms with Gasteiger partial charge in [-0.1, -0.05) is 30.3 Å². The number of nitro groups is 1. The van der Waals surface area contributed by atoms with Gasteiger partial charge in [0.15, 0.2) is 0 Å². The van der Waals surface area contributed by atoms with Crippen molar-refractivity contribution in [1.29, 1.82) is 0 Å². The number of hydrogen-bond acceptors (Lipinski definition) is 4. The number of para-hydroxylation sites is 1. The molecule has 0 spiro atoms. The Morgan fingerprint density at radius 3 is 2.18 bits per heavy atom. The molecule has 2 amide bonds. The van der Waals surface area contributed by atoms with Crippen molar-refractivity contribution in [3.8, 4) is 0 Å². The summed E-state index contributed by atoms with van der Waals surface area (Å²) in [5, 5.41) is 16.5. The van der Waals surface area contributed by atoms with Crippen LogP contribution in [0.4, 0.5) is 17.1 Å². The minimum absolute atomic E-state index is 0.0536. The van der Waals surface area contributed by atoms with Crippen molar-refractivity contribution in [3.63, 3.8) is 0 Å². The van der Waals surface area contributed by atoms with Gasteiger partial charge in [0.1, 0.15) is 5.56 Å². The lowest BCUT2D eigenvalue weighted by Gasteiger charge is -2.09. The van der Waals surface area contributed by atoms with Gasteiger partial charge in [0.05, 0.1) is 4.92 Å². The predicted octanol–water partition coefficient (Wildman–Crippen LogP) is 4.41. The van der Waals surface area contributed by atoms with E-state index in [9.17, 15) is 19.7 Å². The molecule has 7 heteroatoms. The average molecular weight is 375 g/mol. The van der Waals surface area contributed by atoms with Crippen molar-refractivity contribution in [1.82, 2.24) is 0 Å². The Kier molecular flexibility index (Phi) is 5.45. The molecule has 0 saturated heterocycles. The first-order chi connectivity index (χ1) is 13.4. The maximum absolute atomic E-state index is 12.5. The highest BCUT2D eigenvalue weighted by Gasteiger charge is 2.19. The van der Waals surface area contributed by atoms with Crippen LogP contribution in [0, 0.1) is 17.0 Å². The molecule has 0 radical (unpaired) electrons. The number of amides is 2. The zero-order valence-corrected chi connectivity index (χ0v) is 15.0. The van der Waals surface area contributed by atoms with Crippen molar-refractivity contribution in [2.24, 2.45) is 0 Å². The van der Waals surface area contributed by atoms with E-state index >= 15 is 0 Å². The molecule has 0 atom stereocenters. The van der Waals surface area contributed by atoms with Gasteiger partial charge in [-0.15, -0.1) is 0 Å². The SMILES string of the molecule is Cc1cccc(NC(=O)c2cccc(NC(=O)c3ccccc3[N+](=O)[O-])c2)c1. The van der Waals surface area contributed by atoms with Crippen molar-refractivity contribution >= 4 is 28.9 Å². The number of nitrogens with zero attached hydrogens (tertiary/aromatic N) is 1. The molecule has 0 heterocycles. The summed E-state index contributed by atoms with van der Waals surface area (Å²) in [5.74, 6) is -0.948. The van der Waals surface area contributed by atoms with Gasteiger partial charge in [0, 0.05) is 23.0 Å². The Bertz CT molecular complexity index is 1060. The number of aryl methyl sites for hydroxylation is 1. The molecular formula is C21H17N3O4. The first-order valence-electron chi connectivity index (χ1n) is 8.47. The number of benzene rings is 3. The van der Waals surface area contributed by atoms with E-state index in [4.69, 9.17) is 0 Å². The molecule has 3 aromatic carbocycles. The molecule has 3 aromatic rings. The van der Waals surface area contributed by atoms with Gasteiger partial charge in [0.2, 0.25) is 0 Å². The molecule has 0 bridgehead atoms. The van der Waals surface area contributed by atoms with Gasteiger partial charge in [-0.25, -0.2) is 0 Å². The lowest BCUT2D eigenvalue weighted by Crippen LogP contribution is -2.15. The van der Waals surface area contributed by atoms with E-state index in [1.54, 1.807) is 30.3 Å². The van der Waals surface area contributed by atoms with Crippen LogP contribution in [0.15, 0.2) is 72.8 Å². The normalized spacial score (nSPS) is 10.2. The molecule has 2 N–H and O–H groups in total. The lowest BCUT2D eigenvalue weighted by molar-refractivity contribution is -0.385. The summed E-state index contributed by atoms with van der Waals surface area (Å²) in [6.07, 6.45) is 0. The lowest BCUT2D eigenvalue weighted by atomic mass is 10.1. The second kappa shape index (κ2) is 8.13. The van der Waals surface area contributed by atoms with Crippen molar-refractivity contribution < 1.29 is 14.5 Å². The fourth-order valence-electron chi connectivity index (χ4n) is 2.69. The molecule has 0 aliphatic rings. The van der Waals surface area contributed by atoms with Crippen molar-refractivity contribution in [2.75, 3.05) is 10.6 Å². The van der Waals surface area contributed by atoms with E-state index in [0.29, 0.717) is 16.9 Å². The summed E-state index contributed by atoms with van der Waals surface area (Å²) in [7, 11) is 0. The number of carbonyl (C=O) groups excluding carboxylic acids is 2. The molecule has 28 heavy (non-hydrogen) atoms. The highest BCUT2D eigenvalue weighted by Crippen LogP contribution is 2.20. The third kappa shape index (κ3) is 4.39. The highest BCUT2D eigenvalue weighted by molar-refractivity contribution is 6.08. The topological polar surface area (TPSA) is 101 Å². The van der Waals surface area contributed by atoms with Crippen LogP contribution in [-0.2, 0) is 0 Å². The summed E-state index contributed by atoms with van der Waals surface area (Å²) >= 11 is 0. The Morgan fingerprint density at radius 2 is 1.46 bits per heavy atom. The average Bonchev–Trinajstić information content (AvgIpc) is 2.68. The van der Waals surface area contributed by atoms with Gasteiger partial charge in [-0.3, -0.25) is 19.7 Å². The summed E-state index contributed by atoms with van der Waals surface area (Å²) in [5.41, 5.74) is 2.06. The van der Waals surface area contributed by atoms with Crippen LogP contribution in [-0.4, -0.2) is 16.7 Å². The van der Waals surface area contributed by atoms with Crippen LogP contribution in [0.25, 0.3) is 0 Å². The van der Waals surface area contributed by atoms with Crippen molar-refractivity contribution in [2.45, 2.75) is 6.92 Å². The second-order valence-corrected chi connectivity index (χ2v) is 6.13. The standard InChI is InChI=1S/C21H17N3O4/c1-14-6-4-8-16(12-14)22-20(25)15-7-5-9-17(13-15)23-21(26)18-10-2-3-11-19(18)24(27)28/h2-13H,1H3,(H,22,25)(H,23,26). The van der Waals surface area contributed by atoms with Crippen LogP contribution in [0.5, 0.6) is 0 Å². The molecule has 0 aliphatic carbocycles. The first kappa shape index (κ1) is 18.8. The van der Waals surface area contributed by atoms with Gasteiger partial charge in [-0.05, 0) is 48.9 Å². The van der Waals surface area contributed by atoms with Crippen LogP contribution < -0.4 is 10.6 Å². The summed E-state index contributed by atoms with van der Waals surface area (Å²) < 4.78 is 0. The van der Waals surface area contributed by atoms with Crippen LogP contribution in [0.3, 0.4) is 0 Å². The van der Waals surface area contributed by atoms with E-state index < -0.39 is 10.8 Å². The summed E-state index contributed by atoms with van der Waals surface area (Å²) in [4.78, 5) is 35.4. The van der Waals surface area contributed by atoms with E-state index in [-0.39, 0.29) is 17.2 Å². The Labute approximate surface area is 161 Å². The Hall–Kier alpha value is -4.00. The molecule has 140 valence electrons. The van der Waals surface area contributed by atoms with E-state index in [0.717, 1.165) is 5.56 Å². The molecule has 0 fully saturated rings. The zero-order chi connectivity index (χ0) is 20.1. The molecule has 0 unspecified atom stereocenters. The molecular weight excluding hydrogens is 358 g/mol. The summed E-state index contributed by atoms with van der Waals surface area (Å²) in [6, 6.07) is 19.4. The van der Waals surface area contributed by atoms with Crippen LogP contribution in [0.2, 0.25) is 0 Å². The molecule has 0 saturated carbocycles. The number of rotatable bonds is 5. The van der Waals surface area contributed by atoms with Gasteiger partial charge in [-0.2, -0.15) is 0 Å². The zero-order valence-electron chi connectivity index (χ0n) is 15.0. The van der Waals surface area contributed by atoms with Gasteiger partial charge in [0.25, 0.3) is 17.5 Å². The Balaban J connectivity index is 1.77. The number of nitrogens with one attached hydrogen (secondary N) is 2. The number of anilines is 2. The first-order valence-corrected chi connectivity index (χ1v) is 8.47. The third-order valence-electron chi connectivity index (χ3n) is 4.00. The van der Waals surface area contributed by atoms with Crippen LogP contribution >= 0.6 is 0 Å². The third-order valence-corrected chi connectivity index (χ3v) is 4.00. The monoisotopic (exact) mass is 375 g/mol. The maximum Gasteiger partial charge on any atom is 0.282 e. The van der Waals surface area contributed by atoms with Crippen LogP contribution in [0.1, 0.15) is 26.3 Å². The minimum atomic E-state index is -0.622. The Morgan fingerprint density at radius 1 is 0.821 bits per heavy atom. The largest absolute Gasteiger partial charge is 0.322 e. The van der Waals surface area contributed by atoms with Gasteiger partial charge < -0.3 is 10.6 Å². The molecule has 3 rings (SSSR count). The number of carbonyl (C=O) groups is 2. The smallest absolute Gasteiger partial charge is 0.282 e. The van der Waals surface area contributed by atoms with E-state index in [1.165, 1.54) is 24.3 Å². The minimum Gasteiger partial charge on any atom is -0.322 e. The molecule has 0 aliphatic heterocycles. The second-order valence-electron chi connectivity index (χ2n) is 6.13.